The molecule has 0 spiro atoms. The second kappa shape index (κ2) is 23.6. The Hall–Kier alpha value is -1.44. The van der Waals surface area contributed by atoms with E-state index < -0.39 is 48.3 Å². The van der Waals surface area contributed by atoms with Crippen LogP contribution in [0.25, 0.3) is 0 Å². The van der Waals surface area contributed by atoms with Gasteiger partial charge in [0.2, 0.25) is 0 Å². The zero-order chi connectivity index (χ0) is 20.6. The third-order valence-corrected chi connectivity index (χ3v) is 1.36. The van der Waals surface area contributed by atoms with Crippen LogP contribution in [0.15, 0.2) is 0 Å². The summed E-state index contributed by atoms with van der Waals surface area (Å²) in [5.41, 5.74) is 0. The average molecular weight is 583 g/mol. The van der Waals surface area contributed by atoms with Crippen molar-refractivity contribution in [3.05, 3.63) is 0 Å². The topological polar surface area (TPSA) is 278 Å². The number of hydrogen-bond donors (Lipinski definition) is 5. The van der Waals surface area contributed by atoms with E-state index in [-0.39, 0.29) is 32.4 Å². The summed E-state index contributed by atoms with van der Waals surface area (Å²) in [6, 6.07) is 0. The van der Waals surface area contributed by atoms with Crippen LogP contribution in [-0.4, -0.2) is 94.9 Å². The fourth-order valence-electron chi connectivity index (χ4n) is 0. The van der Waals surface area contributed by atoms with E-state index in [0.717, 1.165) is 27.7 Å². The number of carbonyl (C=O) groups excluding carboxylic acids is 4. The smallest absolute Gasteiger partial charge is 0.547 e. The van der Waals surface area contributed by atoms with Crippen molar-refractivity contribution in [3.63, 3.8) is 0 Å². The van der Waals surface area contributed by atoms with Gasteiger partial charge in [0.15, 0.2) is 0 Å². The van der Waals surface area contributed by atoms with Gasteiger partial charge >= 0.3 is 26.2 Å². The molecule has 0 saturated heterocycles. The van der Waals surface area contributed by atoms with E-state index >= 15 is 0 Å². The molecule has 0 aliphatic heterocycles. The van der Waals surface area contributed by atoms with Gasteiger partial charge in [-0.15, -0.1) is 0 Å². The molecule has 0 rings (SSSR count). The Bertz CT molecular complexity index is 312. The fourth-order valence-corrected chi connectivity index (χ4v) is 0. The minimum atomic E-state index is -1.44. The summed E-state index contributed by atoms with van der Waals surface area (Å²) in [5, 5.41) is 69.2. The zero-order valence-corrected chi connectivity index (χ0v) is 18.3. The molecule has 0 aromatic heterocycles. The van der Waals surface area contributed by atoms with E-state index in [0.29, 0.717) is 0 Å². The average Bonchev–Trinajstić information content (AvgIpc) is 2.40. The monoisotopic (exact) mass is 583 g/mol. The molecule has 0 aliphatic rings. The predicted molar refractivity (Wildman–Crippen MR) is 78.5 cm³/mol. The summed E-state index contributed by atoms with van der Waals surface area (Å²) in [6.07, 6.45) is -5.37. The third-order valence-electron chi connectivity index (χ3n) is 1.36. The van der Waals surface area contributed by atoms with Crippen molar-refractivity contribution in [1.82, 2.24) is 6.15 Å². The van der Waals surface area contributed by atoms with Crippen molar-refractivity contribution >= 4 is 50.1 Å². The number of aliphatic hydroxyl groups excluding tert-OH is 4. The molecule has 0 saturated carbocycles. The van der Waals surface area contributed by atoms with E-state index in [4.69, 9.17) is 20.4 Å². The minimum absolute atomic E-state index is 0. The Morgan fingerprint density at radius 2 is 0.577 bits per heavy atom. The molecule has 4 unspecified atom stereocenters. The summed E-state index contributed by atoms with van der Waals surface area (Å²) in [6.45, 7) is 4.54. The Balaban J connectivity index is -0.0000000500. The largest absolute Gasteiger partial charge is 3.00 e. The van der Waals surface area contributed by atoms with Crippen LogP contribution in [0.4, 0.5) is 0 Å². The Morgan fingerprint density at radius 3 is 0.577 bits per heavy atom. The van der Waals surface area contributed by atoms with Crippen LogP contribution >= 0.6 is 0 Å². The first-order chi connectivity index (χ1) is 10.6. The van der Waals surface area contributed by atoms with E-state index in [1.54, 1.807) is 0 Å². The number of carbonyl (C=O) groups is 4. The number of rotatable bonds is 4. The van der Waals surface area contributed by atoms with E-state index in [1.165, 1.54) is 0 Å². The molecule has 0 bridgehead atoms. The third kappa shape index (κ3) is 49.5. The maximum absolute atomic E-state index is 9.34. The quantitative estimate of drug-likeness (QED) is 0.193. The molecule has 0 amide bonds. The molecular formula is C12H24BiNO12. The normalized spacial score (nSPS) is 12.6. The Kier molecular flexibility index (Phi) is 35.9. The van der Waals surface area contributed by atoms with E-state index in [1.807, 2.05) is 0 Å². The van der Waals surface area contributed by atoms with E-state index in [2.05, 4.69) is 0 Å². The number of carboxylic acids is 4. The second-order valence-corrected chi connectivity index (χ2v) is 3.98. The molecule has 0 fully saturated rings. The van der Waals surface area contributed by atoms with Gasteiger partial charge in [0.1, 0.15) is 0 Å². The molecule has 154 valence electrons. The summed E-state index contributed by atoms with van der Waals surface area (Å²) < 4.78 is 0. The van der Waals surface area contributed by atoms with Crippen LogP contribution in [0.5, 0.6) is 0 Å². The SMILES string of the molecule is CC(O)C(=O)[O-].CC(O)C(=O)[O-].CC(O)C(=O)[O-].CC(O)C(=O)[O-].[Bi+3].[NH4+]. The van der Waals surface area contributed by atoms with Gasteiger partial charge in [-0.1, -0.05) is 0 Å². The van der Waals surface area contributed by atoms with Gasteiger partial charge in [0.05, 0.1) is 48.3 Å². The Morgan fingerprint density at radius 1 is 0.538 bits per heavy atom. The minimum Gasteiger partial charge on any atom is -0.547 e. The second-order valence-electron chi connectivity index (χ2n) is 3.98. The van der Waals surface area contributed by atoms with Crippen molar-refractivity contribution in [3.8, 4) is 0 Å². The number of quaternary nitrogens is 1. The summed E-state index contributed by atoms with van der Waals surface area (Å²) in [5.74, 6) is -5.74. The number of aliphatic carboxylic acids is 4. The first kappa shape index (κ1) is 39.6. The van der Waals surface area contributed by atoms with Crippen LogP contribution in [0.2, 0.25) is 0 Å². The van der Waals surface area contributed by atoms with Crippen LogP contribution in [0.1, 0.15) is 27.7 Å². The number of hydrogen-bond acceptors (Lipinski definition) is 12. The van der Waals surface area contributed by atoms with Crippen molar-refractivity contribution in [2.75, 3.05) is 0 Å². The van der Waals surface area contributed by atoms with Crippen LogP contribution in [0.3, 0.4) is 0 Å². The maximum atomic E-state index is 9.34. The van der Waals surface area contributed by atoms with Crippen LogP contribution < -0.4 is 26.6 Å². The molecule has 0 heterocycles. The molecule has 0 aromatic rings. The van der Waals surface area contributed by atoms with Crippen molar-refractivity contribution in [2.45, 2.75) is 52.1 Å². The summed E-state index contributed by atoms with van der Waals surface area (Å²) in [4.78, 5) is 37.4. The fraction of sp³-hybridized carbons (Fsp3) is 0.667. The maximum Gasteiger partial charge on any atom is 3.00 e. The van der Waals surface area contributed by atoms with E-state index in [9.17, 15) is 39.6 Å². The predicted octanol–water partition coefficient (Wildman–Crippen LogP) is -7.54. The van der Waals surface area contributed by atoms with Gasteiger partial charge in [0, 0.05) is 0 Å². The molecule has 0 aliphatic carbocycles. The summed E-state index contributed by atoms with van der Waals surface area (Å²) >= 11 is 0. The van der Waals surface area contributed by atoms with Crippen molar-refractivity contribution < 1.29 is 60.0 Å². The standard InChI is InChI=1S/4C3H6O3.Bi.H3N/c4*1-2(4)3(5)6;;/h4*2,4H,1H3,(H,5,6);;1H3/q;;;;+3;/p-3. The van der Waals surface area contributed by atoms with Crippen molar-refractivity contribution in [1.29, 1.82) is 0 Å². The van der Waals surface area contributed by atoms with Crippen LogP contribution in [-0.2, 0) is 19.2 Å². The molecule has 4 atom stereocenters. The molecular weight excluding hydrogens is 559 g/mol. The molecule has 2 radical (unpaired) electrons. The summed E-state index contributed by atoms with van der Waals surface area (Å²) in [7, 11) is 0. The molecule has 8 N–H and O–H groups in total. The van der Waals surface area contributed by atoms with Gasteiger partial charge in [-0.05, 0) is 27.7 Å². The zero-order valence-electron chi connectivity index (χ0n) is 14.8. The molecule has 26 heavy (non-hydrogen) atoms. The van der Waals surface area contributed by atoms with Crippen LogP contribution in [0, 0.1) is 0 Å². The molecule has 14 heteroatoms. The first-order valence-corrected chi connectivity index (χ1v) is 6.13. The number of aliphatic hydroxyl groups is 4. The molecule has 13 nitrogen and oxygen atoms in total. The van der Waals surface area contributed by atoms with Gasteiger partial charge < -0.3 is 66.2 Å². The van der Waals surface area contributed by atoms with Gasteiger partial charge in [-0.3, -0.25) is 0 Å². The van der Waals surface area contributed by atoms with Gasteiger partial charge in [-0.25, -0.2) is 0 Å². The Labute approximate surface area is 168 Å². The van der Waals surface area contributed by atoms with Gasteiger partial charge in [-0.2, -0.15) is 0 Å². The van der Waals surface area contributed by atoms with Crippen molar-refractivity contribution in [2.24, 2.45) is 0 Å². The first-order valence-electron chi connectivity index (χ1n) is 6.13. The van der Waals surface area contributed by atoms with Gasteiger partial charge in [0.25, 0.3) is 0 Å². The molecule has 0 aromatic carbocycles. The number of carboxylic acid groups (broad SMARTS) is 4.